The van der Waals surface area contributed by atoms with Crippen LogP contribution in [0.1, 0.15) is 111 Å². The van der Waals surface area contributed by atoms with Crippen LogP contribution >= 0.6 is 0 Å². The van der Waals surface area contributed by atoms with Gasteiger partial charge in [-0.05, 0) is 111 Å². The number of carbonyl (C=O) groups excluding carboxylic acids is 1. The highest BCUT2D eigenvalue weighted by Crippen LogP contribution is 2.73. The summed E-state index contributed by atoms with van der Waals surface area (Å²) < 4.78 is 13.1. The van der Waals surface area contributed by atoms with Gasteiger partial charge < -0.3 is 20.1 Å². The molecule has 2 N–H and O–H groups in total. The first kappa shape index (κ1) is 29.8. The van der Waals surface area contributed by atoms with Gasteiger partial charge in [-0.1, -0.05) is 76.1 Å². The summed E-state index contributed by atoms with van der Waals surface area (Å²) in [6, 6.07) is 10.5. The molecule has 0 aromatic heterocycles. The third-order valence-corrected chi connectivity index (χ3v) is 14.6. The fourth-order valence-electron chi connectivity index (χ4n) is 12.0. The molecule has 1 amide bonds. The minimum absolute atomic E-state index is 0.0827. The predicted molar refractivity (Wildman–Crippen MR) is 171 cm³/mol. The highest BCUT2D eigenvalue weighted by Gasteiger charge is 2.66. The molecular weight excluding hydrogens is 532 g/mol. The number of amides is 1. The summed E-state index contributed by atoms with van der Waals surface area (Å²) in [5.41, 5.74) is 11.8. The van der Waals surface area contributed by atoms with E-state index in [1.807, 2.05) is 35.2 Å². The van der Waals surface area contributed by atoms with Crippen LogP contribution in [0.25, 0.3) is 0 Å². The number of benzene rings is 1. The summed E-state index contributed by atoms with van der Waals surface area (Å²) in [6.07, 6.45) is 11.8. The highest BCUT2D eigenvalue weighted by atomic mass is 16.6. The number of piperidine rings is 1. The molecule has 1 aromatic rings. The van der Waals surface area contributed by atoms with Gasteiger partial charge in [-0.25, -0.2) is 4.79 Å². The molecule has 0 bridgehead atoms. The van der Waals surface area contributed by atoms with Gasteiger partial charge in [0.15, 0.2) is 0 Å². The largest absolute Gasteiger partial charge is 0.445 e. The van der Waals surface area contributed by atoms with Crippen molar-refractivity contribution in [1.29, 1.82) is 0 Å². The van der Waals surface area contributed by atoms with Crippen molar-refractivity contribution in [3.8, 4) is 0 Å². The van der Waals surface area contributed by atoms with E-state index < -0.39 is 0 Å². The van der Waals surface area contributed by atoms with E-state index in [1.54, 1.807) is 11.1 Å². The van der Waals surface area contributed by atoms with Gasteiger partial charge in [0.1, 0.15) is 6.61 Å². The first-order valence-electron chi connectivity index (χ1n) is 17.5. The van der Waals surface area contributed by atoms with Gasteiger partial charge in [0.2, 0.25) is 0 Å². The Balaban J connectivity index is 1.14. The van der Waals surface area contributed by atoms with Crippen LogP contribution in [-0.4, -0.2) is 41.3 Å². The fraction of sp³-hybridized carbons (Fsp3) is 0.763. The first-order valence-corrected chi connectivity index (χ1v) is 17.5. The fourth-order valence-corrected chi connectivity index (χ4v) is 12.0. The number of nitrogens with two attached hydrogens (primary N) is 1. The van der Waals surface area contributed by atoms with Gasteiger partial charge >= 0.3 is 6.09 Å². The number of allylic oxidation sites excluding steroid dienone is 1. The number of fused-ring (bicyclic) bond motifs is 6. The summed E-state index contributed by atoms with van der Waals surface area (Å²) in [5.74, 6) is 2.07. The predicted octanol–water partition coefficient (Wildman–Crippen LogP) is 8.27. The first-order chi connectivity index (χ1) is 20.4. The summed E-state index contributed by atoms with van der Waals surface area (Å²) in [7, 11) is 0. The maximum absolute atomic E-state index is 13.6. The van der Waals surface area contributed by atoms with E-state index in [0.717, 1.165) is 37.3 Å². The molecule has 43 heavy (non-hydrogen) atoms. The Bertz CT molecular complexity index is 1280. The van der Waals surface area contributed by atoms with Gasteiger partial charge in [0.05, 0.1) is 17.7 Å². The number of rotatable bonds is 2. The number of hydrogen-bond donors (Lipinski definition) is 1. The lowest BCUT2D eigenvalue weighted by atomic mass is 9.42. The molecule has 7 rings (SSSR count). The average Bonchev–Trinajstić information content (AvgIpc) is 3.37. The van der Waals surface area contributed by atoms with E-state index in [4.69, 9.17) is 15.2 Å². The van der Waals surface area contributed by atoms with Gasteiger partial charge in [0, 0.05) is 18.5 Å². The number of likely N-dealkylation sites (tertiary alicyclic amines) is 1. The van der Waals surface area contributed by atoms with Crippen LogP contribution in [0.2, 0.25) is 0 Å². The van der Waals surface area contributed by atoms with Crippen molar-refractivity contribution in [1.82, 2.24) is 4.90 Å². The standard InChI is InChI=1S/C38H56N2O3/c1-24-18-31-33(40(22-24)34(41)42-23-27-10-8-7-9-11-27)26(3)38(43-31)15-13-30-29(25(2)20-38)19-32-36(30,5)17-16-35(4)21-28(39)12-14-37(32,35)6/h7-11,24,26,28,30-33H,12-23,39H2,1-6H3/t24-,26+,28+,30+,31+,32-,33-,35+,36-,37+,38-/m0/s1. The molecule has 236 valence electrons. The topological polar surface area (TPSA) is 64.8 Å². The Morgan fingerprint density at radius 2 is 1.84 bits per heavy atom. The van der Waals surface area contributed by atoms with Crippen LogP contribution in [0.5, 0.6) is 0 Å². The lowest BCUT2D eigenvalue weighted by Gasteiger charge is -2.63. The third kappa shape index (κ3) is 4.48. The quantitative estimate of drug-likeness (QED) is 0.353. The van der Waals surface area contributed by atoms with Crippen LogP contribution in [0, 0.1) is 39.9 Å². The summed E-state index contributed by atoms with van der Waals surface area (Å²) in [5, 5.41) is 0. The molecule has 1 aromatic carbocycles. The Morgan fingerprint density at radius 3 is 2.60 bits per heavy atom. The van der Waals surface area contributed by atoms with Gasteiger partial charge in [-0.2, -0.15) is 0 Å². The van der Waals surface area contributed by atoms with Crippen molar-refractivity contribution in [3.63, 3.8) is 0 Å². The van der Waals surface area contributed by atoms with Gasteiger partial charge in [0.25, 0.3) is 0 Å². The van der Waals surface area contributed by atoms with E-state index in [-0.39, 0.29) is 29.8 Å². The molecule has 11 atom stereocenters. The molecule has 3 saturated carbocycles. The van der Waals surface area contributed by atoms with Crippen LogP contribution in [-0.2, 0) is 16.1 Å². The lowest BCUT2D eigenvalue weighted by Crippen LogP contribution is -2.57. The molecule has 2 heterocycles. The zero-order valence-corrected chi connectivity index (χ0v) is 27.7. The summed E-state index contributed by atoms with van der Waals surface area (Å²) in [6.45, 7) is 16.0. The van der Waals surface area contributed by atoms with Crippen molar-refractivity contribution >= 4 is 6.09 Å². The van der Waals surface area contributed by atoms with Crippen molar-refractivity contribution in [2.24, 2.45) is 45.7 Å². The Morgan fingerprint density at radius 1 is 1.07 bits per heavy atom. The molecule has 5 nitrogen and oxygen atoms in total. The normalized spacial score (nSPS) is 47.4. The minimum Gasteiger partial charge on any atom is -0.445 e. The van der Waals surface area contributed by atoms with E-state index in [1.165, 1.54) is 44.9 Å². The summed E-state index contributed by atoms with van der Waals surface area (Å²) in [4.78, 5) is 15.6. The Labute approximate surface area is 260 Å². The molecule has 5 heteroatoms. The molecule has 0 radical (unpaired) electrons. The Hall–Kier alpha value is -1.85. The minimum atomic E-state index is -0.199. The van der Waals surface area contributed by atoms with Crippen LogP contribution in [0.4, 0.5) is 4.79 Å². The second-order valence-corrected chi connectivity index (χ2v) is 16.9. The smallest absolute Gasteiger partial charge is 0.410 e. The number of hydrogen-bond acceptors (Lipinski definition) is 4. The lowest BCUT2D eigenvalue weighted by molar-refractivity contribution is -0.139. The molecule has 2 saturated heterocycles. The number of carbonyl (C=O) groups is 1. The zero-order chi connectivity index (χ0) is 30.4. The van der Waals surface area contributed by atoms with E-state index in [9.17, 15) is 4.79 Å². The monoisotopic (exact) mass is 588 g/mol. The molecule has 4 aliphatic carbocycles. The van der Waals surface area contributed by atoms with E-state index >= 15 is 0 Å². The molecular formula is C38H56N2O3. The van der Waals surface area contributed by atoms with Crippen molar-refractivity contribution in [2.45, 2.75) is 136 Å². The van der Waals surface area contributed by atoms with Crippen LogP contribution in [0.15, 0.2) is 41.5 Å². The maximum atomic E-state index is 13.6. The second kappa shape index (κ2) is 10.3. The Kier molecular flexibility index (Phi) is 7.17. The molecule has 0 unspecified atom stereocenters. The number of ether oxygens (including phenoxy) is 2. The van der Waals surface area contributed by atoms with Gasteiger partial charge in [-0.3, -0.25) is 0 Å². The van der Waals surface area contributed by atoms with Crippen LogP contribution < -0.4 is 5.73 Å². The SMILES string of the molecule is CC1=C2C[C@H]3[C@@](C)(CC[C@]4(C)C[C@H](N)CC[C@]34C)[C@@H]2CC[C@@]2(C1)O[C@@H]1C[C@H](C)CN(C(=O)OCc3ccccc3)[C@H]1[C@H]2C. The molecule has 1 spiro atoms. The zero-order valence-electron chi connectivity index (χ0n) is 27.7. The van der Waals surface area contributed by atoms with Crippen molar-refractivity contribution in [2.75, 3.05) is 6.54 Å². The maximum Gasteiger partial charge on any atom is 0.410 e. The second-order valence-electron chi connectivity index (χ2n) is 16.9. The van der Waals surface area contributed by atoms with Crippen molar-refractivity contribution < 1.29 is 14.3 Å². The van der Waals surface area contributed by atoms with E-state index in [0.29, 0.717) is 40.7 Å². The van der Waals surface area contributed by atoms with Crippen molar-refractivity contribution in [3.05, 3.63) is 47.0 Å². The third-order valence-electron chi connectivity index (χ3n) is 14.6. The number of nitrogens with zero attached hydrogens (tertiary/aromatic N) is 1. The summed E-state index contributed by atoms with van der Waals surface area (Å²) >= 11 is 0. The molecule has 5 fully saturated rings. The highest BCUT2D eigenvalue weighted by molar-refractivity contribution is 5.68. The van der Waals surface area contributed by atoms with Gasteiger partial charge in [-0.15, -0.1) is 0 Å². The molecule has 6 aliphatic rings. The van der Waals surface area contributed by atoms with E-state index in [2.05, 4.69) is 41.5 Å². The molecule has 2 aliphatic heterocycles. The average molecular weight is 589 g/mol. The van der Waals surface area contributed by atoms with Crippen LogP contribution in [0.3, 0.4) is 0 Å².